The zero-order valence-corrected chi connectivity index (χ0v) is 23.1. The number of hydrogen-bond donors (Lipinski definition) is 4. The molecular formula is C32H50O4. The van der Waals surface area contributed by atoms with Crippen molar-refractivity contribution >= 4 is 0 Å². The van der Waals surface area contributed by atoms with Gasteiger partial charge in [0.15, 0.2) is 0 Å². The third-order valence-corrected chi connectivity index (χ3v) is 9.94. The largest absolute Gasteiger partial charge is 0.393 e. The van der Waals surface area contributed by atoms with Gasteiger partial charge in [-0.05, 0) is 98.5 Å². The quantitative estimate of drug-likeness (QED) is 0.250. The summed E-state index contributed by atoms with van der Waals surface area (Å²) in [5.41, 5.74) is 2.75. The van der Waals surface area contributed by atoms with Crippen LogP contribution in [0.5, 0.6) is 0 Å². The number of aliphatic hydroxyl groups excluding tert-OH is 3. The summed E-state index contributed by atoms with van der Waals surface area (Å²) in [7, 11) is 0. The van der Waals surface area contributed by atoms with E-state index in [1.54, 1.807) is 0 Å². The zero-order valence-electron chi connectivity index (χ0n) is 23.1. The normalized spacial score (nSPS) is 34.8. The van der Waals surface area contributed by atoms with Crippen LogP contribution in [0.1, 0.15) is 105 Å². The lowest BCUT2D eigenvalue weighted by Crippen LogP contribution is -2.39. The average Bonchev–Trinajstić information content (AvgIpc) is 3.21. The van der Waals surface area contributed by atoms with Gasteiger partial charge < -0.3 is 20.4 Å². The average molecular weight is 499 g/mol. The fourth-order valence-electron chi connectivity index (χ4n) is 7.25. The second kappa shape index (κ2) is 12.4. The molecule has 3 aliphatic rings. The van der Waals surface area contributed by atoms with E-state index in [2.05, 4.69) is 44.4 Å². The van der Waals surface area contributed by atoms with Crippen molar-refractivity contribution < 1.29 is 20.4 Å². The third-order valence-electron chi connectivity index (χ3n) is 9.94. The highest BCUT2D eigenvalue weighted by molar-refractivity contribution is 5.38. The van der Waals surface area contributed by atoms with Crippen LogP contribution in [0.15, 0.2) is 35.5 Å². The van der Waals surface area contributed by atoms with Crippen molar-refractivity contribution in [2.45, 2.75) is 129 Å². The van der Waals surface area contributed by atoms with Crippen molar-refractivity contribution in [1.82, 2.24) is 0 Å². The van der Waals surface area contributed by atoms with Crippen molar-refractivity contribution in [2.75, 3.05) is 0 Å². The molecule has 0 aromatic heterocycles. The fourth-order valence-corrected chi connectivity index (χ4v) is 7.25. The summed E-state index contributed by atoms with van der Waals surface area (Å²) < 4.78 is 0. The van der Waals surface area contributed by atoms with Crippen LogP contribution in [-0.4, -0.2) is 44.3 Å². The van der Waals surface area contributed by atoms with Gasteiger partial charge in [0.1, 0.15) is 6.10 Å². The first-order valence-corrected chi connectivity index (χ1v) is 14.4. The zero-order chi connectivity index (χ0) is 26.5. The Hall–Kier alpha value is -1.38. The molecule has 0 heterocycles. The monoisotopic (exact) mass is 498 g/mol. The number of rotatable bonds is 8. The predicted molar refractivity (Wildman–Crippen MR) is 147 cm³/mol. The van der Waals surface area contributed by atoms with Gasteiger partial charge in [-0.3, -0.25) is 0 Å². The van der Waals surface area contributed by atoms with Crippen molar-refractivity contribution in [2.24, 2.45) is 23.2 Å². The molecular weight excluding hydrogens is 448 g/mol. The highest BCUT2D eigenvalue weighted by atomic mass is 16.3. The van der Waals surface area contributed by atoms with E-state index in [0.29, 0.717) is 31.1 Å². The number of allylic oxidation sites excluding steroid dienone is 3. The predicted octanol–water partition coefficient (Wildman–Crippen LogP) is 5.85. The first-order chi connectivity index (χ1) is 17.0. The minimum Gasteiger partial charge on any atom is -0.393 e. The van der Waals surface area contributed by atoms with Crippen LogP contribution in [0.4, 0.5) is 0 Å². The lowest BCUT2D eigenvalue weighted by Gasteiger charge is -2.44. The first kappa shape index (κ1) is 29.2. The molecule has 3 fully saturated rings. The highest BCUT2D eigenvalue weighted by Crippen LogP contribution is 2.59. The molecule has 0 aromatic carbocycles. The van der Waals surface area contributed by atoms with Crippen LogP contribution < -0.4 is 0 Å². The van der Waals surface area contributed by atoms with Crippen LogP contribution >= 0.6 is 0 Å². The minimum atomic E-state index is -0.654. The Morgan fingerprint density at radius 3 is 2.61 bits per heavy atom. The molecule has 0 amide bonds. The summed E-state index contributed by atoms with van der Waals surface area (Å²) in [6, 6.07) is 0. The Balaban J connectivity index is 1.64. The molecule has 0 aliphatic heterocycles. The van der Waals surface area contributed by atoms with Gasteiger partial charge in [-0.1, -0.05) is 57.9 Å². The molecule has 4 nitrogen and oxygen atoms in total. The van der Waals surface area contributed by atoms with Crippen LogP contribution in [0.25, 0.3) is 0 Å². The van der Waals surface area contributed by atoms with E-state index in [1.807, 2.05) is 13.8 Å². The Morgan fingerprint density at radius 1 is 1.19 bits per heavy atom. The van der Waals surface area contributed by atoms with Crippen LogP contribution in [0.2, 0.25) is 0 Å². The molecule has 0 aromatic rings. The maximum Gasteiger partial charge on any atom is 0.117 e. The van der Waals surface area contributed by atoms with Gasteiger partial charge >= 0.3 is 0 Å². The lowest BCUT2D eigenvalue weighted by atomic mass is 9.60. The van der Waals surface area contributed by atoms with Crippen molar-refractivity contribution in [3.63, 3.8) is 0 Å². The second-order valence-corrected chi connectivity index (χ2v) is 12.1. The van der Waals surface area contributed by atoms with E-state index < -0.39 is 23.9 Å². The summed E-state index contributed by atoms with van der Waals surface area (Å²) >= 11 is 0. The number of fused-ring (bicyclic) bond motifs is 1. The van der Waals surface area contributed by atoms with E-state index in [4.69, 9.17) is 0 Å². The van der Waals surface area contributed by atoms with Gasteiger partial charge in [0.05, 0.1) is 17.8 Å². The van der Waals surface area contributed by atoms with E-state index in [9.17, 15) is 20.4 Å². The van der Waals surface area contributed by atoms with Crippen molar-refractivity contribution in [3.8, 4) is 11.8 Å². The lowest BCUT2D eigenvalue weighted by molar-refractivity contribution is 0.0221. The second-order valence-electron chi connectivity index (χ2n) is 12.1. The molecule has 202 valence electrons. The standard InChI is InChI=1S/C32H50O4/c1-6-32(36,7-2)19-10-8-9-13-29(34)23(4)27-16-17-28-24(12-11-18-31(27,28)5)14-15-25-20-26(33)21-30(35)22(25)3/h14-15,23,26-30,33-36H,3,6-8,10-12,16-21H2,1-2,4-5H3/b24-14+,25-15-/t23-,26-,27-,28+,29-,30+,31-/m1/s1. The first-order valence-electron chi connectivity index (χ1n) is 14.4. The molecule has 0 spiro atoms. The van der Waals surface area contributed by atoms with E-state index >= 15 is 0 Å². The SMILES string of the molecule is C=C1/C(=C\C=C2/CCC[C@]3(C)[C@@H]([C@@H](C)[C@H](O)C#CCCCC(O)(CC)CC)CC[C@@H]23)C[C@@H](O)C[C@@H]1O. The molecule has 0 unspecified atom stereocenters. The molecule has 3 aliphatic carbocycles. The van der Waals surface area contributed by atoms with Gasteiger partial charge in [-0.2, -0.15) is 0 Å². The Bertz CT molecular complexity index is 886. The Labute approximate surface area is 219 Å². The minimum absolute atomic E-state index is 0.122. The molecule has 4 N–H and O–H groups in total. The fraction of sp³-hybridized carbons (Fsp3) is 0.750. The Kier molecular flexibility index (Phi) is 10.1. The van der Waals surface area contributed by atoms with E-state index in [1.165, 1.54) is 12.0 Å². The van der Waals surface area contributed by atoms with Crippen LogP contribution in [0.3, 0.4) is 0 Å². The molecule has 7 atom stereocenters. The highest BCUT2D eigenvalue weighted by Gasteiger charge is 2.51. The number of aliphatic hydroxyl groups is 4. The Morgan fingerprint density at radius 2 is 1.92 bits per heavy atom. The van der Waals surface area contributed by atoms with E-state index in [0.717, 1.165) is 62.5 Å². The molecule has 4 heteroatoms. The summed E-state index contributed by atoms with van der Waals surface area (Å²) in [5, 5.41) is 41.7. The topological polar surface area (TPSA) is 80.9 Å². The number of hydrogen-bond acceptors (Lipinski definition) is 4. The van der Waals surface area contributed by atoms with Gasteiger partial charge in [0.2, 0.25) is 0 Å². The molecule has 3 rings (SSSR count). The molecule has 0 saturated heterocycles. The maximum atomic E-state index is 10.9. The maximum absolute atomic E-state index is 10.9. The molecule has 0 radical (unpaired) electrons. The molecule has 3 saturated carbocycles. The number of unbranched alkanes of at least 4 members (excludes halogenated alkanes) is 1. The van der Waals surface area contributed by atoms with Gasteiger partial charge in [-0.15, -0.1) is 5.92 Å². The van der Waals surface area contributed by atoms with Gasteiger partial charge in [0.25, 0.3) is 0 Å². The molecule has 0 bridgehead atoms. The van der Waals surface area contributed by atoms with Gasteiger partial charge in [0, 0.05) is 12.8 Å². The summed E-state index contributed by atoms with van der Waals surface area (Å²) in [6.45, 7) is 12.7. The van der Waals surface area contributed by atoms with Crippen LogP contribution in [-0.2, 0) is 0 Å². The van der Waals surface area contributed by atoms with Crippen molar-refractivity contribution in [3.05, 3.63) is 35.5 Å². The smallest absolute Gasteiger partial charge is 0.117 e. The third kappa shape index (κ3) is 6.54. The van der Waals surface area contributed by atoms with Crippen molar-refractivity contribution in [1.29, 1.82) is 0 Å². The molecule has 36 heavy (non-hydrogen) atoms. The van der Waals surface area contributed by atoms with Crippen LogP contribution in [0, 0.1) is 35.0 Å². The summed E-state index contributed by atoms with van der Waals surface area (Å²) in [5.74, 6) is 7.38. The van der Waals surface area contributed by atoms with Gasteiger partial charge in [-0.25, -0.2) is 0 Å². The summed E-state index contributed by atoms with van der Waals surface area (Å²) in [4.78, 5) is 0. The van der Waals surface area contributed by atoms with E-state index in [-0.39, 0.29) is 11.3 Å². The summed E-state index contributed by atoms with van der Waals surface area (Å²) in [6.07, 6.45) is 13.0.